The van der Waals surface area contributed by atoms with Crippen molar-refractivity contribution >= 4 is 51.7 Å². The summed E-state index contributed by atoms with van der Waals surface area (Å²) in [4.78, 5) is 0. The third kappa shape index (κ3) is 21.3. The summed E-state index contributed by atoms with van der Waals surface area (Å²) >= 11 is -0.458. The molecule has 0 aromatic carbocycles. The molecule has 0 rings (SSSR count). The molecule has 0 amide bonds. The van der Waals surface area contributed by atoms with Crippen LogP contribution >= 0.6 is 14.4 Å². The van der Waals surface area contributed by atoms with Gasteiger partial charge in [0.2, 0.25) is 0 Å². The Bertz CT molecular complexity index is 7.61. The van der Waals surface area contributed by atoms with E-state index in [1.807, 2.05) is 0 Å². The summed E-state index contributed by atoms with van der Waals surface area (Å²) in [7, 11) is 6.57. The van der Waals surface area contributed by atoms with Crippen LogP contribution in [-0.4, -0.2) is 48.3 Å². The predicted octanol–water partition coefficient (Wildman–Crippen LogP) is -0.339. The van der Waals surface area contributed by atoms with Crippen LogP contribution in [0.1, 0.15) is 0 Å². The van der Waals surface area contributed by atoms with Gasteiger partial charge in [0.05, 0.1) is 0 Å². The van der Waals surface area contributed by atoms with Crippen LogP contribution in [0.25, 0.3) is 0 Å². The van der Waals surface area contributed by atoms with Crippen LogP contribution in [0.5, 0.6) is 0 Å². The van der Waals surface area contributed by atoms with Gasteiger partial charge in [-0.05, 0) is 0 Å². The van der Waals surface area contributed by atoms with Crippen LogP contribution < -0.4 is 0 Å². The average Bonchev–Trinajstić information content (AvgIpc) is 0.918. The molecule has 0 heterocycles. The van der Waals surface area contributed by atoms with Crippen LogP contribution in [-0.2, 0) is 0 Å². The summed E-state index contributed by atoms with van der Waals surface area (Å²) in [6.45, 7) is 0. The van der Waals surface area contributed by atoms with E-state index in [1.165, 1.54) is 0 Å². The summed E-state index contributed by atoms with van der Waals surface area (Å²) in [6, 6.07) is 0. The quantitative estimate of drug-likeness (QED) is 0.545. The number of hydrogen-bond donors (Lipinski definition) is 0. The molecule has 32 valence electrons. The molecule has 0 saturated heterocycles. The van der Waals surface area contributed by atoms with E-state index in [-0.39, 0.29) is 11.0 Å². The second-order valence-electron chi connectivity index (χ2n) is 0.101. The van der Waals surface area contributed by atoms with Crippen LogP contribution in [0.4, 0.5) is 0 Å². The third-order valence-corrected chi connectivity index (χ3v) is 0. The summed E-state index contributed by atoms with van der Waals surface area (Å²) < 4.78 is 0. The summed E-state index contributed by atoms with van der Waals surface area (Å²) in [6.07, 6.45) is 0. The van der Waals surface area contributed by atoms with E-state index in [9.17, 15) is 0 Å². The van der Waals surface area contributed by atoms with E-state index in [1.54, 1.807) is 0 Å². The molecule has 5 heavy (non-hydrogen) atoms. The minimum absolute atomic E-state index is 0. The van der Waals surface area contributed by atoms with Gasteiger partial charge in [0.25, 0.3) is 0 Å². The normalized spacial score (nSPS) is 2.00. The average molecular weight is 333 g/mol. The van der Waals surface area contributed by atoms with Crippen molar-refractivity contribution < 1.29 is 11.0 Å². The molecule has 0 aliphatic heterocycles. The van der Waals surface area contributed by atoms with Crippen molar-refractivity contribution in [3.05, 3.63) is 0 Å². The maximum atomic E-state index is 3.28. The van der Waals surface area contributed by atoms with Crippen molar-refractivity contribution in [2.45, 2.75) is 0 Å². The Labute approximate surface area is 60.8 Å². The zero-order valence-corrected chi connectivity index (χ0v) is 10.1. The van der Waals surface area contributed by atoms with Gasteiger partial charge in [0.15, 0.2) is 0 Å². The molecule has 0 aromatic heterocycles. The summed E-state index contributed by atoms with van der Waals surface area (Å²) in [5.74, 6) is 0. The molecule has 0 spiro atoms. The molecule has 0 saturated carbocycles. The predicted molar refractivity (Wildman–Crippen MR) is 30.8 cm³/mol. The van der Waals surface area contributed by atoms with E-state index in [0.717, 1.165) is 0 Å². The zero-order chi connectivity index (χ0) is 2.71. The van der Waals surface area contributed by atoms with Crippen molar-refractivity contribution in [2.75, 3.05) is 0 Å². The van der Waals surface area contributed by atoms with Crippen molar-refractivity contribution in [1.82, 2.24) is 0 Å². The first-order valence-corrected chi connectivity index (χ1v) is 20.2. The molecule has 4 N–H and O–H groups in total. The first kappa shape index (κ1) is 15.7. The molecule has 0 aliphatic carbocycles. The number of hydrogen-bond acceptors (Lipinski definition) is 0. The van der Waals surface area contributed by atoms with E-state index in [2.05, 4.69) is 14.4 Å². The van der Waals surface area contributed by atoms with Gasteiger partial charge in [-0.1, -0.05) is 0 Å². The monoisotopic (exact) mass is 332 g/mol. The number of halogens is 2. The van der Waals surface area contributed by atoms with Crippen LogP contribution in [0.3, 0.4) is 0 Å². The SMILES string of the molecule is O.O.[Br][Ba][Br]. The molecule has 0 atom stereocenters. The summed E-state index contributed by atoms with van der Waals surface area (Å²) in [5, 5.41) is 0. The molecule has 2 nitrogen and oxygen atoms in total. The van der Waals surface area contributed by atoms with E-state index >= 15 is 0 Å². The Hall–Kier alpha value is 2.45. The molecule has 0 fully saturated rings. The molecular weight excluding hydrogens is 329 g/mol. The Morgan fingerprint density at radius 3 is 1.00 bits per heavy atom. The van der Waals surface area contributed by atoms with Gasteiger partial charge in [-0.15, -0.1) is 0 Å². The Morgan fingerprint density at radius 1 is 1.00 bits per heavy atom. The number of rotatable bonds is 0. The first-order valence-electron chi connectivity index (χ1n) is 0.535. The zero-order valence-electron chi connectivity index (χ0n) is 2.46. The van der Waals surface area contributed by atoms with E-state index < -0.39 is 37.3 Å². The molecule has 5 heteroatoms. The van der Waals surface area contributed by atoms with Crippen molar-refractivity contribution in [2.24, 2.45) is 0 Å². The third-order valence-electron chi connectivity index (χ3n) is 0. The van der Waals surface area contributed by atoms with Crippen molar-refractivity contribution in [3.8, 4) is 0 Å². The summed E-state index contributed by atoms with van der Waals surface area (Å²) in [5.41, 5.74) is 0. The Morgan fingerprint density at radius 2 is 1.00 bits per heavy atom. The standard InChI is InChI=1S/Ba.2BrH.2H2O/h;2*1H;2*1H2/q+2;;;;/p-2. The van der Waals surface area contributed by atoms with Gasteiger partial charge in [0, 0.05) is 0 Å². The van der Waals surface area contributed by atoms with E-state index in [4.69, 9.17) is 0 Å². The van der Waals surface area contributed by atoms with Gasteiger partial charge < -0.3 is 11.0 Å². The molecule has 0 unspecified atom stereocenters. The van der Waals surface area contributed by atoms with Crippen molar-refractivity contribution in [3.63, 3.8) is 0 Å². The second kappa shape index (κ2) is 16.1. The van der Waals surface area contributed by atoms with Gasteiger partial charge in [-0.2, -0.15) is 0 Å². The Balaban J connectivity index is -0.0000000200. The first-order chi connectivity index (χ1) is 1.41. The Kier molecular flexibility index (Phi) is 50.4. The fourth-order valence-corrected chi connectivity index (χ4v) is 0. The van der Waals surface area contributed by atoms with Crippen LogP contribution in [0.2, 0.25) is 0 Å². The van der Waals surface area contributed by atoms with Crippen LogP contribution in [0.15, 0.2) is 0 Å². The van der Waals surface area contributed by atoms with Gasteiger partial charge >= 0.3 is 51.7 Å². The molecule has 0 radical (unpaired) electrons. The molecule has 0 bridgehead atoms. The van der Waals surface area contributed by atoms with Gasteiger partial charge in [-0.3, -0.25) is 0 Å². The fourth-order valence-electron chi connectivity index (χ4n) is 0. The topological polar surface area (TPSA) is 63.0 Å². The van der Waals surface area contributed by atoms with E-state index in [0.29, 0.717) is 0 Å². The fraction of sp³-hybridized carbons (Fsp3) is 0. The molecular formula is H4BaBr2O2. The van der Waals surface area contributed by atoms with Gasteiger partial charge in [-0.25, -0.2) is 0 Å². The van der Waals surface area contributed by atoms with Crippen LogP contribution in [0, 0.1) is 0 Å². The molecule has 0 aromatic rings. The van der Waals surface area contributed by atoms with Gasteiger partial charge in [0.1, 0.15) is 0 Å². The minimum atomic E-state index is -0.458. The maximum absolute atomic E-state index is 3.28. The molecule has 0 aliphatic rings. The second-order valence-corrected chi connectivity index (χ2v) is 19.9. The van der Waals surface area contributed by atoms with Crippen molar-refractivity contribution in [1.29, 1.82) is 0 Å².